The highest BCUT2D eigenvalue weighted by molar-refractivity contribution is 6.32. The van der Waals surface area contributed by atoms with Gasteiger partial charge in [0.05, 0.1) is 16.6 Å². The van der Waals surface area contributed by atoms with E-state index in [1.54, 1.807) is 32.2 Å². The van der Waals surface area contributed by atoms with Gasteiger partial charge in [0.2, 0.25) is 0 Å². The van der Waals surface area contributed by atoms with Gasteiger partial charge in [-0.15, -0.1) is 0 Å². The zero-order valence-corrected chi connectivity index (χ0v) is 19.8. The second-order valence-electron chi connectivity index (χ2n) is 7.82. The first-order valence-electron chi connectivity index (χ1n) is 10.6. The van der Waals surface area contributed by atoms with E-state index < -0.39 is 5.69 Å². The first-order valence-corrected chi connectivity index (χ1v) is 11.4. The van der Waals surface area contributed by atoms with Crippen LogP contribution in [-0.4, -0.2) is 58.6 Å². The topological polar surface area (TPSA) is 103 Å². The average molecular weight is 491 g/mol. The zero-order valence-electron chi connectivity index (χ0n) is 18.3. The van der Waals surface area contributed by atoms with Gasteiger partial charge in [-0.2, -0.15) is 0 Å². The van der Waals surface area contributed by atoms with Gasteiger partial charge in [0, 0.05) is 51.3 Å². The summed E-state index contributed by atoms with van der Waals surface area (Å²) in [6.07, 6.45) is 0. The lowest BCUT2D eigenvalue weighted by atomic mass is 10.1. The quantitative estimate of drug-likeness (QED) is 0.530. The van der Waals surface area contributed by atoms with Crippen LogP contribution in [0, 0.1) is 0 Å². The number of anilines is 1. The van der Waals surface area contributed by atoms with Crippen LogP contribution in [0.5, 0.6) is 0 Å². The van der Waals surface area contributed by atoms with Crippen molar-refractivity contribution >= 4 is 45.7 Å². The summed E-state index contributed by atoms with van der Waals surface area (Å²) in [6.45, 7) is 5.60. The van der Waals surface area contributed by atoms with Gasteiger partial charge in [0.15, 0.2) is 5.15 Å². The first kappa shape index (κ1) is 23.3. The molecular formula is C22H24Cl2N6O3. The molecule has 0 radical (unpaired) electrons. The van der Waals surface area contributed by atoms with Gasteiger partial charge in [-0.3, -0.25) is 19.1 Å². The fourth-order valence-corrected chi connectivity index (χ4v) is 4.53. The Labute approximate surface area is 199 Å². The van der Waals surface area contributed by atoms with Crippen molar-refractivity contribution in [1.29, 1.82) is 0 Å². The van der Waals surface area contributed by atoms with Crippen molar-refractivity contribution in [1.82, 2.24) is 24.8 Å². The summed E-state index contributed by atoms with van der Waals surface area (Å²) in [4.78, 5) is 47.8. The number of halogens is 2. The van der Waals surface area contributed by atoms with Crippen LogP contribution in [0.2, 0.25) is 10.2 Å². The fourth-order valence-electron chi connectivity index (χ4n) is 4.03. The second kappa shape index (κ2) is 9.54. The number of nitrogens with one attached hydrogen (secondary N) is 2. The van der Waals surface area contributed by atoms with Gasteiger partial charge in [0.25, 0.3) is 11.5 Å². The number of fused-ring (bicyclic) bond motifs is 1. The van der Waals surface area contributed by atoms with Crippen LogP contribution in [0.15, 0.2) is 33.9 Å². The summed E-state index contributed by atoms with van der Waals surface area (Å²) in [5.74, 6) is -0.282. The molecule has 3 aromatic rings. The van der Waals surface area contributed by atoms with Crippen LogP contribution in [0.25, 0.3) is 10.9 Å². The molecular weight excluding hydrogens is 467 g/mol. The van der Waals surface area contributed by atoms with Gasteiger partial charge in [-0.1, -0.05) is 23.2 Å². The number of rotatable bonds is 5. The van der Waals surface area contributed by atoms with Gasteiger partial charge in [-0.25, -0.2) is 9.78 Å². The van der Waals surface area contributed by atoms with Crippen molar-refractivity contribution in [3.05, 3.63) is 66.5 Å². The smallest absolute Gasteiger partial charge is 0.328 e. The van der Waals surface area contributed by atoms with E-state index in [4.69, 9.17) is 23.2 Å². The third-order valence-electron chi connectivity index (χ3n) is 5.86. The lowest BCUT2D eigenvalue weighted by Crippen LogP contribution is -2.46. The molecule has 1 aromatic carbocycles. The third kappa shape index (κ3) is 4.62. The molecule has 0 atom stereocenters. The van der Waals surface area contributed by atoms with Crippen molar-refractivity contribution in [2.24, 2.45) is 0 Å². The second-order valence-corrected chi connectivity index (χ2v) is 8.58. The molecule has 174 valence electrons. The highest BCUT2D eigenvalue weighted by Gasteiger charge is 2.21. The zero-order chi connectivity index (χ0) is 23.7. The van der Waals surface area contributed by atoms with E-state index in [1.165, 1.54) is 0 Å². The molecule has 1 aliphatic rings. The number of carbonyl (C=O) groups is 1. The van der Waals surface area contributed by atoms with Crippen LogP contribution in [0.3, 0.4) is 0 Å². The minimum absolute atomic E-state index is 0.277. The number of hydrogen-bond acceptors (Lipinski definition) is 6. The number of H-pyrrole nitrogens is 1. The van der Waals surface area contributed by atoms with E-state index >= 15 is 0 Å². The van der Waals surface area contributed by atoms with E-state index in [9.17, 15) is 14.4 Å². The number of amides is 1. The molecule has 1 amide bonds. The maximum Gasteiger partial charge on any atom is 0.328 e. The highest BCUT2D eigenvalue weighted by atomic mass is 35.5. The van der Waals surface area contributed by atoms with Gasteiger partial charge in [-0.05, 0) is 36.8 Å². The Morgan fingerprint density at radius 1 is 1.15 bits per heavy atom. The molecule has 1 saturated heterocycles. The van der Waals surface area contributed by atoms with Gasteiger partial charge in [0.1, 0.15) is 5.69 Å². The number of carbonyl (C=O) groups excluding carboxylic acids is 1. The fraction of sp³-hybridized carbons (Fsp3) is 0.364. The Morgan fingerprint density at radius 2 is 1.88 bits per heavy atom. The summed E-state index contributed by atoms with van der Waals surface area (Å²) in [5, 5.41) is 3.72. The summed E-state index contributed by atoms with van der Waals surface area (Å²) < 4.78 is 1.15. The summed E-state index contributed by atoms with van der Waals surface area (Å²) in [5.41, 5.74) is 1.63. The highest BCUT2D eigenvalue weighted by Crippen LogP contribution is 2.27. The molecule has 11 heteroatoms. The van der Waals surface area contributed by atoms with Crippen molar-refractivity contribution in [2.75, 3.05) is 38.1 Å². The largest absolute Gasteiger partial charge is 0.366 e. The molecule has 2 N–H and O–H groups in total. The number of aromatic nitrogens is 3. The van der Waals surface area contributed by atoms with Gasteiger partial charge < -0.3 is 15.2 Å². The Morgan fingerprint density at radius 3 is 2.52 bits per heavy atom. The molecule has 2 aromatic heterocycles. The maximum atomic E-state index is 12.5. The molecule has 0 aliphatic carbocycles. The third-order valence-corrected chi connectivity index (χ3v) is 6.49. The number of nitrogens with zero attached hydrogens (tertiary/aromatic N) is 4. The Kier molecular flexibility index (Phi) is 6.73. The molecule has 0 saturated carbocycles. The van der Waals surface area contributed by atoms with E-state index in [-0.39, 0.29) is 17.2 Å². The molecule has 9 nitrogen and oxygen atoms in total. The Bertz CT molecular complexity index is 1330. The molecule has 1 aliphatic heterocycles. The van der Waals surface area contributed by atoms with Crippen LogP contribution in [-0.2, 0) is 13.1 Å². The van der Waals surface area contributed by atoms with E-state index in [2.05, 4.69) is 25.1 Å². The molecule has 4 rings (SSSR count). The lowest BCUT2D eigenvalue weighted by molar-refractivity contribution is 0.0958. The predicted molar refractivity (Wildman–Crippen MR) is 130 cm³/mol. The van der Waals surface area contributed by atoms with E-state index in [0.717, 1.165) is 42.0 Å². The standard InChI is InChI=1S/C22H24Cl2N6O3/c1-3-30-21(32)14-11-15(23)13(10-17(14)27-22(30)33)12-28-6-8-29(9-7-28)18-5-4-16(20(31)25-2)26-19(18)24/h4-5,10-11H,3,6-9,12H2,1-2H3,(H,25,31)(H,27,33). The summed E-state index contributed by atoms with van der Waals surface area (Å²) in [6, 6.07) is 6.89. The monoisotopic (exact) mass is 490 g/mol. The number of aromatic amines is 1. The number of hydrogen-bond donors (Lipinski definition) is 2. The van der Waals surface area contributed by atoms with E-state index in [1.807, 2.05) is 6.07 Å². The maximum absolute atomic E-state index is 12.5. The summed E-state index contributed by atoms with van der Waals surface area (Å²) >= 11 is 12.8. The Hall–Kier alpha value is -2.88. The SMILES string of the molecule is CCn1c(=O)[nH]c2cc(CN3CCN(c4ccc(C(=O)NC)nc4Cl)CC3)c(Cl)cc2c1=O. The van der Waals surface area contributed by atoms with Crippen LogP contribution in [0.4, 0.5) is 5.69 Å². The predicted octanol–water partition coefficient (Wildman–Crippen LogP) is 2.09. The minimum atomic E-state index is -0.426. The van der Waals surface area contributed by atoms with E-state index in [0.29, 0.717) is 34.2 Å². The van der Waals surface area contributed by atoms with Crippen molar-refractivity contribution in [3.63, 3.8) is 0 Å². The minimum Gasteiger partial charge on any atom is -0.366 e. The van der Waals surface area contributed by atoms with Crippen molar-refractivity contribution in [2.45, 2.75) is 20.0 Å². The number of piperazine rings is 1. The van der Waals surface area contributed by atoms with Crippen molar-refractivity contribution < 1.29 is 4.79 Å². The molecule has 0 spiro atoms. The summed E-state index contributed by atoms with van der Waals surface area (Å²) in [7, 11) is 1.55. The molecule has 0 bridgehead atoms. The molecule has 1 fully saturated rings. The number of benzene rings is 1. The average Bonchev–Trinajstić information content (AvgIpc) is 2.80. The molecule has 3 heterocycles. The molecule has 33 heavy (non-hydrogen) atoms. The van der Waals surface area contributed by atoms with Crippen LogP contribution < -0.4 is 21.5 Å². The molecule has 0 unspecified atom stereocenters. The van der Waals surface area contributed by atoms with Gasteiger partial charge >= 0.3 is 5.69 Å². The lowest BCUT2D eigenvalue weighted by Gasteiger charge is -2.36. The normalized spacial score (nSPS) is 14.6. The van der Waals surface area contributed by atoms with Crippen LogP contribution >= 0.6 is 23.2 Å². The number of pyridine rings is 1. The van der Waals surface area contributed by atoms with Crippen LogP contribution in [0.1, 0.15) is 23.0 Å². The Balaban J connectivity index is 1.48. The van der Waals surface area contributed by atoms with Crippen molar-refractivity contribution in [3.8, 4) is 0 Å². The first-order chi connectivity index (χ1) is 15.8.